The number of nitriles is 1. The summed E-state index contributed by atoms with van der Waals surface area (Å²) < 4.78 is 24.2. The largest absolute Gasteiger partial charge is 0.462 e. The standard InChI is InChI=1S/C17H13FN2O4/c1-2-23-17(22)15-12(10-21)6-8-20-16(15)24-14-9-11(5-7-19)3-4-13(14)18/h3-4,6,8-10H,2,5H2,1H3. The van der Waals surface area contributed by atoms with Gasteiger partial charge in [-0.2, -0.15) is 5.26 Å². The zero-order valence-corrected chi connectivity index (χ0v) is 12.8. The average Bonchev–Trinajstić information content (AvgIpc) is 2.58. The second-order valence-electron chi connectivity index (χ2n) is 4.62. The summed E-state index contributed by atoms with van der Waals surface area (Å²) in [4.78, 5) is 27.1. The Labute approximate surface area is 137 Å². The zero-order valence-electron chi connectivity index (χ0n) is 12.8. The summed E-state index contributed by atoms with van der Waals surface area (Å²) in [6, 6.07) is 7.21. The van der Waals surface area contributed by atoms with E-state index in [2.05, 4.69) is 4.98 Å². The first-order chi connectivity index (χ1) is 11.6. The molecule has 0 unspecified atom stereocenters. The quantitative estimate of drug-likeness (QED) is 0.598. The number of hydrogen-bond acceptors (Lipinski definition) is 6. The number of rotatable bonds is 6. The van der Waals surface area contributed by atoms with E-state index in [9.17, 15) is 14.0 Å². The molecule has 24 heavy (non-hydrogen) atoms. The van der Waals surface area contributed by atoms with Crippen molar-refractivity contribution < 1.29 is 23.5 Å². The van der Waals surface area contributed by atoms with Gasteiger partial charge in [-0.1, -0.05) is 6.07 Å². The number of esters is 1. The Hall–Kier alpha value is -3.27. The van der Waals surface area contributed by atoms with E-state index < -0.39 is 11.8 Å². The van der Waals surface area contributed by atoms with Gasteiger partial charge in [0, 0.05) is 11.8 Å². The molecule has 0 spiro atoms. The van der Waals surface area contributed by atoms with Gasteiger partial charge in [-0.25, -0.2) is 14.2 Å². The lowest BCUT2D eigenvalue weighted by molar-refractivity contribution is 0.0520. The molecule has 2 rings (SSSR count). The molecule has 0 aliphatic rings. The smallest absolute Gasteiger partial charge is 0.344 e. The first-order valence-corrected chi connectivity index (χ1v) is 7.05. The van der Waals surface area contributed by atoms with Crippen LogP contribution in [-0.2, 0) is 11.2 Å². The number of carbonyl (C=O) groups excluding carboxylic acids is 2. The second-order valence-corrected chi connectivity index (χ2v) is 4.62. The molecule has 2 aromatic rings. The van der Waals surface area contributed by atoms with Crippen LogP contribution >= 0.6 is 0 Å². The Morgan fingerprint density at radius 3 is 2.88 bits per heavy atom. The molecule has 0 aliphatic heterocycles. The monoisotopic (exact) mass is 328 g/mol. The molecule has 0 aliphatic carbocycles. The van der Waals surface area contributed by atoms with Crippen molar-refractivity contribution in [2.75, 3.05) is 6.61 Å². The van der Waals surface area contributed by atoms with E-state index in [1.807, 2.05) is 6.07 Å². The molecule has 0 saturated carbocycles. The van der Waals surface area contributed by atoms with Crippen LogP contribution in [0.2, 0.25) is 0 Å². The summed E-state index contributed by atoms with van der Waals surface area (Å²) in [6.45, 7) is 1.71. The molecule has 0 atom stereocenters. The normalized spacial score (nSPS) is 9.88. The van der Waals surface area contributed by atoms with E-state index in [-0.39, 0.29) is 35.8 Å². The molecule has 0 amide bonds. The van der Waals surface area contributed by atoms with Crippen molar-refractivity contribution in [3.63, 3.8) is 0 Å². The molecular formula is C17H13FN2O4. The van der Waals surface area contributed by atoms with Gasteiger partial charge in [-0.15, -0.1) is 0 Å². The van der Waals surface area contributed by atoms with E-state index in [4.69, 9.17) is 14.7 Å². The fraction of sp³-hybridized carbons (Fsp3) is 0.176. The van der Waals surface area contributed by atoms with Crippen LogP contribution in [0, 0.1) is 17.1 Å². The molecule has 1 aromatic carbocycles. The highest BCUT2D eigenvalue weighted by atomic mass is 19.1. The minimum absolute atomic E-state index is 0.0204. The summed E-state index contributed by atoms with van der Waals surface area (Å²) >= 11 is 0. The molecular weight excluding hydrogens is 315 g/mol. The third-order valence-electron chi connectivity index (χ3n) is 3.04. The maximum absolute atomic E-state index is 13.9. The lowest BCUT2D eigenvalue weighted by atomic mass is 10.1. The molecule has 0 saturated heterocycles. The summed E-state index contributed by atoms with van der Waals surface area (Å²) in [5.41, 5.74) is 0.379. The van der Waals surface area contributed by atoms with Gasteiger partial charge in [0.2, 0.25) is 5.88 Å². The third-order valence-corrected chi connectivity index (χ3v) is 3.04. The predicted molar refractivity (Wildman–Crippen MR) is 81.4 cm³/mol. The Kier molecular flexibility index (Phi) is 5.58. The number of pyridine rings is 1. The lowest BCUT2D eigenvalue weighted by Gasteiger charge is -2.12. The minimum atomic E-state index is -0.795. The summed E-state index contributed by atoms with van der Waals surface area (Å²) in [5, 5.41) is 8.72. The number of ether oxygens (including phenoxy) is 2. The summed E-state index contributed by atoms with van der Waals surface area (Å²) in [7, 11) is 0. The van der Waals surface area contributed by atoms with Gasteiger partial charge in [-0.05, 0) is 30.7 Å². The molecule has 7 heteroatoms. The average molecular weight is 328 g/mol. The van der Waals surface area contributed by atoms with Crippen molar-refractivity contribution >= 4 is 12.3 Å². The highest BCUT2D eigenvalue weighted by molar-refractivity contribution is 6.00. The number of nitrogens with zero attached hydrogens (tertiary/aromatic N) is 2. The molecule has 0 N–H and O–H groups in total. The molecule has 1 heterocycles. The van der Waals surface area contributed by atoms with E-state index in [1.54, 1.807) is 6.92 Å². The number of benzene rings is 1. The number of aldehydes is 1. The van der Waals surface area contributed by atoms with Gasteiger partial charge in [0.15, 0.2) is 17.9 Å². The zero-order chi connectivity index (χ0) is 17.5. The van der Waals surface area contributed by atoms with Crippen molar-refractivity contribution in [2.24, 2.45) is 0 Å². The topological polar surface area (TPSA) is 89.3 Å². The van der Waals surface area contributed by atoms with Crippen molar-refractivity contribution in [2.45, 2.75) is 13.3 Å². The van der Waals surface area contributed by atoms with E-state index >= 15 is 0 Å². The minimum Gasteiger partial charge on any atom is -0.462 e. The maximum atomic E-state index is 13.9. The highest BCUT2D eigenvalue weighted by Gasteiger charge is 2.21. The first kappa shape index (κ1) is 17.1. The van der Waals surface area contributed by atoms with Crippen LogP contribution in [-0.4, -0.2) is 23.8 Å². The van der Waals surface area contributed by atoms with Gasteiger partial charge >= 0.3 is 5.97 Å². The summed E-state index contributed by atoms with van der Waals surface area (Å²) in [6.07, 6.45) is 1.80. The van der Waals surface area contributed by atoms with Crippen LogP contribution in [0.4, 0.5) is 4.39 Å². The Balaban J connectivity index is 2.47. The fourth-order valence-corrected chi connectivity index (χ4v) is 1.97. The second kappa shape index (κ2) is 7.83. The third kappa shape index (κ3) is 3.73. The molecule has 0 radical (unpaired) electrons. The molecule has 122 valence electrons. The van der Waals surface area contributed by atoms with Crippen molar-refractivity contribution in [1.29, 1.82) is 5.26 Å². The van der Waals surface area contributed by atoms with Gasteiger partial charge in [0.05, 0.1) is 19.1 Å². The van der Waals surface area contributed by atoms with Crippen molar-refractivity contribution in [3.8, 4) is 17.7 Å². The SMILES string of the molecule is CCOC(=O)c1c(C=O)ccnc1Oc1cc(CC#N)ccc1F. The van der Waals surface area contributed by atoms with Crippen molar-refractivity contribution in [3.05, 3.63) is 53.0 Å². The molecule has 0 bridgehead atoms. The van der Waals surface area contributed by atoms with E-state index in [1.165, 1.54) is 24.4 Å². The first-order valence-electron chi connectivity index (χ1n) is 7.05. The van der Waals surface area contributed by atoms with Crippen LogP contribution in [0.1, 0.15) is 33.2 Å². The summed E-state index contributed by atoms with van der Waals surface area (Å²) in [5.74, 6) is -1.93. The van der Waals surface area contributed by atoms with Gasteiger partial charge in [0.25, 0.3) is 0 Å². The van der Waals surface area contributed by atoms with Crippen LogP contribution in [0.25, 0.3) is 0 Å². The van der Waals surface area contributed by atoms with E-state index in [0.717, 1.165) is 6.07 Å². The van der Waals surface area contributed by atoms with Gasteiger partial charge in [0.1, 0.15) is 5.56 Å². The molecule has 6 nitrogen and oxygen atoms in total. The number of carbonyl (C=O) groups is 2. The molecule has 1 aromatic heterocycles. The van der Waals surface area contributed by atoms with Gasteiger partial charge in [-0.3, -0.25) is 4.79 Å². The fourth-order valence-electron chi connectivity index (χ4n) is 1.97. The van der Waals surface area contributed by atoms with Gasteiger partial charge < -0.3 is 9.47 Å². The Bertz CT molecular complexity index is 815. The number of hydrogen-bond donors (Lipinski definition) is 0. The maximum Gasteiger partial charge on any atom is 0.344 e. The lowest BCUT2D eigenvalue weighted by Crippen LogP contribution is -2.11. The number of halogens is 1. The van der Waals surface area contributed by atoms with Crippen LogP contribution in [0.3, 0.4) is 0 Å². The molecule has 0 fully saturated rings. The highest BCUT2D eigenvalue weighted by Crippen LogP contribution is 2.28. The van der Waals surface area contributed by atoms with E-state index in [0.29, 0.717) is 11.8 Å². The van der Waals surface area contributed by atoms with Crippen LogP contribution in [0.5, 0.6) is 11.6 Å². The van der Waals surface area contributed by atoms with Crippen molar-refractivity contribution in [1.82, 2.24) is 4.98 Å². The predicted octanol–water partition coefficient (Wildman–Crippen LogP) is 3.07. The Morgan fingerprint density at radius 1 is 1.42 bits per heavy atom. The Morgan fingerprint density at radius 2 is 2.21 bits per heavy atom. The van der Waals surface area contributed by atoms with Crippen LogP contribution < -0.4 is 4.74 Å². The van der Waals surface area contributed by atoms with Crippen LogP contribution in [0.15, 0.2) is 30.5 Å². The number of aromatic nitrogens is 1.